The summed E-state index contributed by atoms with van der Waals surface area (Å²) in [6, 6.07) is 13.8. The molecule has 0 radical (unpaired) electrons. The van der Waals surface area contributed by atoms with Crippen molar-refractivity contribution in [2.75, 3.05) is 0 Å². The van der Waals surface area contributed by atoms with Gasteiger partial charge in [0.1, 0.15) is 5.75 Å². The summed E-state index contributed by atoms with van der Waals surface area (Å²) in [4.78, 5) is 14.5. The summed E-state index contributed by atoms with van der Waals surface area (Å²) < 4.78 is 6.17. The van der Waals surface area contributed by atoms with Gasteiger partial charge in [-0.2, -0.15) is 0 Å². The summed E-state index contributed by atoms with van der Waals surface area (Å²) in [5.74, 6) is 0.648. The maximum absolute atomic E-state index is 11.9. The van der Waals surface area contributed by atoms with E-state index in [2.05, 4.69) is 16.4 Å². The molecule has 1 aliphatic carbocycles. The van der Waals surface area contributed by atoms with Crippen molar-refractivity contribution in [1.82, 2.24) is 10.3 Å². The smallest absolute Gasteiger partial charge is 0.255 e. The van der Waals surface area contributed by atoms with Crippen molar-refractivity contribution in [3.8, 4) is 5.75 Å². The molecule has 146 valence electrons. The Morgan fingerprint density at radius 3 is 2.68 bits per heavy atom. The lowest BCUT2D eigenvalue weighted by Gasteiger charge is -2.30. The fourth-order valence-electron chi connectivity index (χ4n) is 3.75. The minimum Gasteiger partial charge on any atom is -0.489 e. The van der Waals surface area contributed by atoms with Crippen molar-refractivity contribution in [3.05, 3.63) is 74.6 Å². The fourth-order valence-corrected chi connectivity index (χ4v) is 4.17. The van der Waals surface area contributed by atoms with Gasteiger partial charge in [0.05, 0.1) is 11.1 Å². The van der Waals surface area contributed by atoms with Gasteiger partial charge in [0.25, 0.3) is 5.56 Å². The Balaban J connectivity index is 1.34. The van der Waals surface area contributed by atoms with E-state index in [9.17, 15) is 4.79 Å². The summed E-state index contributed by atoms with van der Waals surface area (Å²) in [5.41, 5.74) is 1.06. The Bertz CT molecular complexity index is 1030. The largest absolute Gasteiger partial charge is 0.489 e. The molecule has 4 rings (SSSR count). The van der Waals surface area contributed by atoms with Crippen LogP contribution in [0.2, 0.25) is 10.0 Å². The van der Waals surface area contributed by atoms with E-state index in [1.807, 2.05) is 30.3 Å². The van der Waals surface area contributed by atoms with E-state index in [0.717, 1.165) is 42.6 Å². The third-order valence-electron chi connectivity index (χ3n) is 5.28. The molecule has 1 aromatic heterocycles. The van der Waals surface area contributed by atoms with E-state index in [1.54, 1.807) is 12.3 Å². The van der Waals surface area contributed by atoms with Crippen LogP contribution in [0.15, 0.2) is 53.5 Å². The molecule has 0 aliphatic heterocycles. The van der Waals surface area contributed by atoms with Crippen LogP contribution in [-0.4, -0.2) is 17.1 Å². The number of fused-ring (bicyclic) bond motifs is 1. The van der Waals surface area contributed by atoms with E-state index >= 15 is 0 Å². The van der Waals surface area contributed by atoms with Crippen molar-refractivity contribution >= 4 is 34.0 Å². The van der Waals surface area contributed by atoms with E-state index in [-0.39, 0.29) is 11.7 Å². The van der Waals surface area contributed by atoms with Gasteiger partial charge in [0.15, 0.2) is 0 Å². The number of hydrogen-bond acceptors (Lipinski definition) is 3. The number of hydrogen-bond donors (Lipinski definition) is 2. The van der Waals surface area contributed by atoms with E-state index in [0.29, 0.717) is 22.2 Å². The second-order valence-corrected chi connectivity index (χ2v) is 8.12. The molecule has 1 saturated carbocycles. The molecule has 2 N–H and O–H groups in total. The summed E-state index contributed by atoms with van der Waals surface area (Å²) in [6.07, 6.45) is 5.82. The maximum Gasteiger partial charge on any atom is 0.255 e. The number of benzene rings is 2. The van der Waals surface area contributed by atoms with Crippen molar-refractivity contribution in [2.45, 2.75) is 44.4 Å². The predicted molar refractivity (Wildman–Crippen MR) is 115 cm³/mol. The van der Waals surface area contributed by atoms with Gasteiger partial charge in [-0.1, -0.05) is 35.3 Å². The zero-order chi connectivity index (χ0) is 19.5. The minimum absolute atomic E-state index is 0.140. The third-order valence-corrected chi connectivity index (χ3v) is 5.81. The molecule has 3 aromatic rings. The quantitative estimate of drug-likeness (QED) is 0.591. The van der Waals surface area contributed by atoms with Crippen LogP contribution < -0.4 is 15.6 Å². The van der Waals surface area contributed by atoms with Crippen molar-refractivity contribution in [1.29, 1.82) is 0 Å². The molecule has 4 nitrogen and oxygen atoms in total. The van der Waals surface area contributed by atoms with E-state index < -0.39 is 0 Å². The van der Waals surface area contributed by atoms with Gasteiger partial charge in [-0.25, -0.2) is 0 Å². The number of pyridine rings is 1. The highest BCUT2D eigenvalue weighted by Crippen LogP contribution is 2.32. The van der Waals surface area contributed by atoms with Gasteiger partial charge in [-0.15, -0.1) is 0 Å². The van der Waals surface area contributed by atoms with Gasteiger partial charge in [0.2, 0.25) is 0 Å². The van der Waals surface area contributed by atoms with Crippen LogP contribution in [0.5, 0.6) is 5.75 Å². The molecule has 0 unspecified atom stereocenters. The first kappa shape index (κ1) is 19.3. The summed E-state index contributed by atoms with van der Waals surface area (Å²) in [5, 5.41) is 6.27. The van der Waals surface area contributed by atoms with E-state index in [1.165, 1.54) is 5.56 Å². The third kappa shape index (κ3) is 4.52. The van der Waals surface area contributed by atoms with Crippen molar-refractivity contribution < 1.29 is 4.74 Å². The molecule has 0 saturated heterocycles. The lowest BCUT2D eigenvalue weighted by molar-refractivity contribution is 0.139. The molecule has 1 fully saturated rings. The SMILES string of the molecule is O=c1[nH]ccc2cc(OC3CCC(NCc4cccc(Cl)c4)CC3)c(Cl)cc12. The Morgan fingerprint density at radius 2 is 1.89 bits per heavy atom. The summed E-state index contributed by atoms with van der Waals surface area (Å²) in [7, 11) is 0. The average Bonchev–Trinajstić information content (AvgIpc) is 2.69. The van der Waals surface area contributed by atoms with Gasteiger partial charge in [0, 0.05) is 29.2 Å². The highest BCUT2D eigenvalue weighted by Gasteiger charge is 2.23. The predicted octanol–water partition coefficient (Wildman–Crippen LogP) is 5.31. The second-order valence-electron chi connectivity index (χ2n) is 7.28. The lowest BCUT2D eigenvalue weighted by Crippen LogP contribution is -2.36. The number of aromatic amines is 1. The molecule has 6 heteroatoms. The molecule has 28 heavy (non-hydrogen) atoms. The minimum atomic E-state index is -0.141. The molecule has 0 spiro atoms. The van der Waals surface area contributed by atoms with Crippen LogP contribution in [0, 0.1) is 0 Å². The first-order valence-corrected chi connectivity index (χ1v) is 10.3. The zero-order valence-corrected chi connectivity index (χ0v) is 16.9. The highest BCUT2D eigenvalue weighted by molar-refractivity contribution is 6.32. The summed E-state index contributed by atoms with van der Waals surface area (Å²) >= 11 is 12.4. The number of ether oxygens (including phenoxy) is 1. The standard InChI is InChI=1S/C22H22Cl2N2O2/c23-16-3-1-2-14(10-16)13-26-17-4-6-18(7-5-17)28-21-11-15-8-9-25-22(27)19(15)12-20(21)24/h1-3,8-12,17-18,26H,4-7,13H2,(H,25,27). The van der Waals surface area contributed by atoms with Crippen LogP contribution in [0.25, 0.3) is 10.8 Å². The van der Waals surface area contributed by atoms with Gasteiger partial charge in [-0.05, 0) is 67.0 Å². The van der Waals surface area contributed by atoms with Crippen LogP contribution in [0.4, 0.5) is 0 Å². The first-order valence-electron chi connectivity index (χ1n) is 9.54. The topological polar surface area (TPSA) is 54.1 Å². The van der Waals surface area contributed by atoms with Gasteiger partial charge >= 0.3 is 0 Å². The van der Waals surface area contributed by atoms with Gasteiger partial charge < -0.3 is 15.0 Å². The molecule has 0 amide bonds. The van der Waals surface area contributed by atoms with Crippen molar-refractivity contribution in [2.24, 2.45) is 0 Å². The Labute approximate surface area is 173 Å². The normalized spacial score (nSPS) is 19.6. The molecular formula is C22H22Cl2N2O2. The Kier molecular flexibility index (Phi) is 5.90. The molecular weight excluding hydrogens is 395 g/mol. The van der Waals surface area contributed by atoms with E-state index in [4.69, 9.17) is 27.9 Å². The molecule has 1 heterocycles. The summed E-state index contributed by atoms with van der Waals surface area (Å²) in [6.45, 7) is 0.821. The van der Waals surface area contributed by atoms with Crippen LogP contribution in [-0.2, 0) is 6.54 Å². The zero-order valence-electron chi connectivity index (χ0n) is 15.4. The maximum atomic E-state index is 11.9. The Morgan fingerprint density at radius 1 is 1.07 bits per heavy atom. The number of aromatic nitrogens is 1. The molecule has 0 bridgehead atoms. The number of H-pyrrole nitrogens is 1. The molecule has 1 aliphatic rings. The van der Waals surface area contributed by atoms with Crippen LogP contribution in [0.1, 0.15) is 31.2 Å². The lowest BCUT2D eigenvalue weighted by atomic mass is 9.92. The first-order chi connectivity index (χ1) is 13.6. The average molecular weight is 417 g/mol. The molecule has 0 atom stereocenters. The fraction of sp³-hybridized carbons (Fsp3) is 0.318. The highest BCUT2D eigenvalue weighted by atomic mass is 35.5. The second kappa shape index (κ2) is 8.56. The Hall–Kier alpha value is -2.01. The molecule has 2 aromatic carbocycles. The number of nitrogens with one attached hydrogen (secondary N) is 2. The van der Waals surface area contributed by atoms with Gasteiger partial charge in [-0.3, -0.25) is 4.79 Å². The van der Waals surface area contributed by atoms with Crippen molar-refractivity contribution in [3.63, 3.8) is 0 Å². The number of rotatable bonds is 5. The number of halogens is 2. The monoisotopic (exact) mass is 416 g/mol. The van der Waals surface area contributed by atoms with Crippen LogP contribution in [0.3, 0.4) is 0 Å². The van der Waals surface area contributed by atoms with Crippen LogP contribution >= 0.6 is 23.2 Å².